The van der Waals surface area contributed by atoms with Gasteiger partial charge in [0.2, 0.25) is 5.91 Å². The number of ether oxygens (including phenoxy) is 2. The smallest absolute Gasteiger partial charge is 0.224 e. The van der Waals surface area contributed by atoms with Crippen LogP contribution in [0.15, 0.2) is 18.2 Å². The van der Waals surface area contributed by atoms with E-state index in [4.69, 9.17) is 15.2 Å². The molecule has 0 bridgehead atoms. The number of nitrogens with two attached hydrogens (primary N) is 1. The SMILES string of the molecule is COCCS(=O)CCCC(=O)Nc1cc(N)ccc1OC. The van der Waals surface area contributed by atoms with Crippen molar-refractivity contribution in [2.75, 3.05) is 43.4 Å². The van der Waals surface area contributed by atoms with Crippen molar-refractivity contribution in [3.63, 3.8) is 0 Å². The third-order valence-electron chi connectivity index (χ3n) is 2.79. The molecule has 1 unspecified atom stereocenters. The lowest BCUT2D eigenvalue weighted by Crippen LogP contribution is -2.14. The minimum absolute atomic E-state index is 0.150. The van der Waals surface area contributed by atoms with E-state index >= 15 is 0 Å². The summed E-state index contributed by atoms with van der Waals surface area (Å²) in [5, 5.41) is 2.75. The maximum Gasteiger partial charge on any atom is 0.224 e. The predicted octanol–water partition coefficient (Wildman–Crippen LogP) is 1.39. The van der Waals surface area contributed by atoms with Gasteiger partial charge in [0.1, 0.15) is 5.75 Å². The first-order valence-electron chi connectivity index (χ1n) is 6.64. The number of rotatable bonds is 9. The second-order valence-electron chi connectivity index (χ2n) is 4.45. The molecule has 1 aromatic carbocycles. The molecule has 1 aromatic rings. The van der Waals surface area contributed by atoms with Crippen LogP contribution in [0.25, 0.3) is 0 Å². The van der Waals surface area contributed by atoms with Gasteiger partial charge >= 0.3 is 0 Å². The van der Waals surface area contributed by atoms with Crippen LogP contribution in [-0.4, -0.2) is 42.4 Å². The average Bonchev–Trinajstić information content (AvgIpc) is 2.45. The van der Waals surface area contributed by atoms with E-state index in [0.717, 1.165) is 0 Å². The molecule has 1 rings (SSSR count). The van der Waals surface area contributed by atoms with Crippen LogP contribution in [0.4, 0.5) is 11.4 Å². The first-order chi connectivity index (χ1) is 10.1. The molecule has 0 saturated heterocycles. The molecule has 1 amide bonds. The number of carbonyl (C=O) groups is 1. The van der Waals surface area contributed by atoms with Gasteiger partial charge in [-0.15, -0.1) is 0 Å². The molecule has 21 heavy (non-hydrogen) atoms. The summed E-state index contributed by atoms with van der Waals surface area (Å²) < 4.78 is 21.6. The number of methoxy groups -OCH3 is 2. The van der Waals surface area contributed by atoms with Gasteiger partial charge in [-0.3, -0.25) is 9.00 Å². The number of hydrogen-bond acceptors (Lipinski definition) is 5. The molecule has 6 nitrogen and oxygen atoms in total. The fraction of sp³-hybridized carbons (Fsp3) is 0.500. The molecule has 1 atom stereocenters. The molecule has 0 aromatic heterocycles. The molecular weight excluding hydrogens is 292 g/mol. The number of benzene rings is 1. The molecule has 3 N–H and O–H groups in total. The van der Waals surface area contributed by atoms with Gasteiger partial charge in [0.05, 0.1) is 19.4 Å². The van der Waals surface area contributed by atoms with Crippen LogP contribution in [0.1, 0.15) is 12.8 Å². The summed E-state index contributed by atoms with van der Waals surface area (Å²) in [7, 11) is 2.16. The minimum atomic E-state index is -0.942. The van der Waals surface area contributed by atoms with E-state index in [1.807, 2.05) is 0 Å². The monoisotopic (exact) mass is 314 g/mol. The summed E-state index contributed by atoms with van der Waals surface area (Å²) in [6.45, 7) is 0.472. The minimum Gasteiger partial charge on any atom is -0.495 e. The number of anilines is 2. The molecule has 0 spiro atoms. The van der Waals surface area contributed by atoms with Gasteiger partial charge in [0, 0.05) is 41.5 Å². The Bertz CT molecular complexity index is 494. The maximum absolute atomic E-state index is 11.9. The van der Waals surface area contributed by atoms with Crippen LogP contribution in [0.3, 0.4) is 0 Å². The molecule has 118 valence electrons. The van der Waals surface area contributed by atoms with E-state index in [2.05, 4.69) is 5.32 Å². The normalized spacial score (nSPS) is 11.9. The van der Waals surface area contributed by atoms with Gasteiger partial charge in [-0.05, 0) is 24.6 Å². The highest BCUT2D eigenvalue weighted by Crippen LogP contribution is 2.26. The lowest BCUT2D eigenvalue weighted by Gasteiger charge is -2.10. The standard InChI is InChI=1S/C14H22N2O4S/c1-19-7-9-21(18)8-3-4-14(17)16-12-10-11(15)5-6-13(12)20-2/h5-6,10H,3-4,7-9,15H2,1-2H3,(H,16,17). The van der Waals surface area contributed by atoms with Gasteiger partial charge in [-0.1, -0.05) is 0 Å². The van der Waals surface area contributed by atoms with Crippen LogP contribution < -0.4 is 15.8 Å². The fourth-order valence-corrected chi connectivity index (χ4v) is 2.73. The zero-order valence-corrected chi connectivity index (χ0v) is 13.2. The Morgan fingerprint density at radius 2 is 2.10 bits per heavy atom. The van der Waals surface area contributed by atoms with Gasteiger partial charge in [0.15, 0.2) is 0 Å². The largest absolute Gasteiger partial charge is 0.495 e. The van der Waals surface area contributed by atoms with Crippen molar-refractivity contribution >= 4 is 28.1 Å². The Morgan fingerprint density at radius 3 is 2.76 bits per heavy atom. The molecule has 0 saturated carbocycles. The summed E-state index contributed by atoms with van der Waals surface area (Å²) in [5.74, 6) is 1.40. The average molecular weight is 314 g/mol. The molecule has 0 aliphatic carbocycles. The molecule has 7 heteroatoms. The lowest BCUT2D eigenvalue weighted by molar-refractivity contribution is -0.116. The van der Waals surface area contributed by atoms with Crippen molar-refractivity contribution in [2.45, 2.75) is 12.8 Å². The van der Waals surface area contributed by atoms with E-state index in [9.17, 15) is 9.00 Å². The second-order valence-corrected chi connectivity index (χ2v) is 6.15. The van der Waals surface area contributed by atoms with Gasteiger partial charge < -0.3 is 20.5 Å². The Morgan fingerprint density at radius 1 is 1.33 bits per heavy atom. The molecule has 0 aliphatic heterocycles. The summed E-state index contributed by atoms with van der Waals surface area (Å²) in [5.41, 5.74) is 6.78. The Labute approximate surface area is 127 Å². The molecule has 0 heterocycles. The molecular formula is C14H22N2O4S. The third-order valence-corrected chi connectivity index (χ3v) is 4.15. The van der Waals surface area contributed by atoms with Crippen molar-refractivity contribution in [1.82, 2.24) is 0 Å². The summed E-state index contributed by atoms with van der Waals surface area (Å²) >= 11 is 0. The third kappa shape index (κ3) is 6.59. The van der Waals surface area contributed by atoms with E-state index in [1.54, 1.807) is 25.3 Å². The van der Waals surface area contributed by atoms with E-state index in [1.165, 1.54) is 7.11 Å². The highest BCUT2D eigenvalue weighted by atomic mass is 32.2. The molecule has 0 fully saturated rings. The zero-order chi connectivity index (χ0) is 15.7. The fourth-order valence-electron chi connectivity index (χ4n) is 1.71. The first-order valence-corrected chi connectivity index (χ1v) is 8.13. The van der Waals surface area contributed by atoms with Gasteiger partial charge in [-0.2, -0.15) is 0 Å². The lowest BCUT2D eigenvalue weighted by atomic mass is 10.2. The Balaban J connectivity index is 2.40. The Hall–Kier alpha value is -1.60. The highest BCUT2D eigenvalue weighted by molar-refractivity contribution is 7.84. The van der Waals surface area contributed by atoms with Crippen LogP contribution in [0, 0.1) is 0 Å². The zero-order valence-electron chi connectivity index (χ0n) is 12.4. The Kier molecular flexibility index (Phi) is 7.78. The summed E-state index contributed by atoms with van der Waals surface area (Å²) in [6, 6.07) is 5.05. The van der Waals surface area contributed by atoms with Gasteiger partial charge in [0.25, 0.3) is 0 Å². The van der Waals surface area contributed by atoms with E-state index in [0.29, 0.717) is 48.1 Å². The summed E-state index contributed by atoms with van der Waals surface area (Å²) in [6.07, 6.45) is 0.865. The highest BCUT2D eigenvalue weighted by Gasteiger charge is 2.09. The van der Waals surface area contributed by atoms with Crippen molar-refractivity contribution in [1.29, 1.82) is 0 Å². The predicted molar refractivity (Wildman–Crippen MR) is 85.0 cm³/mol. The van der Waals surface area contributed by atoms with E-state index < -0.39 is 10.8 Å². The van der Waals surface area contributed by atoms with Gasteiger partial charge in [-0.25, -0.2) is 0 Å². The number of nitrogen functional groups attached to an aromatic ring is 1. The van der Waals surface area contributed by atoms with Crippen molar-refractivity contribution in [2.24, 2.45) is 0 Å². The van der Waals surface area contributed by atoms with Crippen molar-refractivity contribution in [3.8, 4) is 5.75 Å². The molecule has 0 aliphatic rings. The number of hydrogen-bond donors (Lipinski definition) is 2. The van der Waals surface area contributed by atoms with Crippen LogP contribution >= 0.6 is 0 Å². The van der Waals surface area contributed by atoms with E-state index in [-0.39, 0.29) is 5.91 Å². The van der Waals surface area contributed by atoms with Crippen LogP contribution in [0.2, 0.25) is 0 Å². The first kappa shape index (κ1) is 17.5. The van der Waals surface area contributed by atoms with Crippen LogP contribution in [-0.2, 0) is 20.3 Å². The number of nitrogens with one attached hydrogen (secondary N) is 1. The van der Waals surface area contributed by atoms with Crippen LogP contribution in [0.5, 0.6) is 5.75 Å². The quantitative estimate of drug-likeness (QED) is 0.672. The van der Waals surface area contributed by atoms with Crippen molar-refractivity contribution in [3.05, 3.63) is 18.2 Å². The topological polar surface area (TPSA) is 90.7 Å². The summed E-state index contributed by atoms with van der Waals surface area (Å²) in [4.78, 5) is 11.9. The second kappa shape index (κ2) is 9.36. The van der Waals surface area contributed by atoms with Crippen molar-refractivity contribution < 1.29 is 18.5 Å². The molecule has 0 radical (unpaired) electrons. The number of carbonyl (C=O) groups excluding carboxylic acids is 1. The maximum atomic E-state index is 11.9. The number of amides is 1.